The van der Waals surface area contributed by atoms with E-state index in [1.165, 1.54) is 11.5 Å². The Morgan fingerprint density at radius 3 is 2.08 bits per heavy atom. The first-order valence-corrected chi connectivity index (χ1v) is 6.33. The van der Waals surface area contributed by atoms with Crippen molar-refractivity contribution >= 4 is 11.8 Å². The fourth-order valence-electron chi connectivity index (χ4n) is 4.12. The molecule has 4 aliphatic rings. The van der Waals surface area contributed by atoms with Crippen LogP contribution in [0, 0.1) is 29.1 Å². The highest BCUT2D eigenvalue weighted by molar-refractivity contribution is 7.99. The van der Waals surface area contributed by atoms with Gasteiger partial charge < -0.3 is 0 Å². The van der Waals surface area contributed by atoms with E-state index in [1.807, 2.05) is 0 Å². The van der Waals surface area contributed by atoms with Gasteiger partial charge in [0.05, 0.1) is 0 Å². The first kappa shape index (κ1) is 6.53. The third kappa shape index (κ3) is 0.519. The van der Waals surface area contributed by atoms with Crippen molar-refractivity contribution in [3.63, 3.8) is 0 Å². The van der Waals surface area contributed by atoms with Gasteiger partial charge in [0.1, 0.15) is 0 Å². The normalized spacial score (nSPS) is 56.7. The summed E-state index contributed by atoms with van der Waals surface area (Å²) in [6.45, 7) is 0. The summed E-state index contributed by atoms with van der Waals surface area (Å²) in [6, 6.07) is 0. The lowest BCUT2D eigenvalue weighted by Crippen LogP contribution is -2.16. The molecule has 1 heteroatoms. The van der Waals surface area contributed by atoms with Crippen LogP contribution in [0.1, 0.15) is 12.8 Å². The molecule has 0 nitrogen and oxygen atoms in total. The van der Waals surface area contributed by atoms with E-state index in [9.17, 15) is 0 Å². The first-order valence-electron chi connectivity index (χ1n) is 5.18. The van der Waals surface area contributed by atoms with Crippen LogP contribution in [0.2, 0.25) is 0 Å². The van der Waals surface area contributed by atoms with Gasteiger partial charge in [0.2, 0.25) is 0 Å². The Hall–Kier alpha value is 0.0900. The smallest absolute Gasteiger partial charge is 0.00300 e. The molecule has 4 rings (SSSR count). The van der Waals surface area contributed by atoms with E-state index >= 15 is 0 Å². The quantitative estimate of drug-likeness (QED) is 0.514. The molecule has 0 N–H and O–H groups in total. The summed E-state index contributed by atoms with van der Waals surface area (Å²) in [5, 5.41) is 0. The molecular formula is C11H14S. The Bertz CT molecular complexity index is 242. The molecule has 3 aliphatic carbocycles. The lowest BCUT2D eigenvalue weighted by molar-refractivity contribution is 0.376. The van der Waals surface area contributed by atoms with Crippen LogP contribution in [0.3, 0.4) is 0 Å². The van der Waals surface area contributed by atoms with E-state index in [0.717, 1.165) is 29.1 Å². The Morgan fingerprint density at radius 2 is 1.58 bits per heavy atom. The predicted octanol–water partition coefficient (Wildman–Crippen LogP) is 2.56. The third-order valence-corrected chi connectivity index (χ3v) is 6.02. The summed E-state index contributed by atoms with van der Waals surface area (Å²) in [7, 11) is 0. The van der Waals surface area contributed by atoms with Gasteiger partial charge in [0, 0.05) is 0 Å². The summed E-state index contributed by atoms with van der Waals surface area (Å²) >= 11 is 2.20. The molecular weight excluding hydrogens is 164 g/mol. The Labute approximate surface area is 77.8 Å². The van der Waals surface area contributed by atoms with Gasteiger partial charge in [-0.05, 0) is 53.4 Å². The van der Waals surface area contributed by atoms with Crippen LogP contribution in [0.4, 0.5) is 0 Å². The van der Waals surface area contributed by atoms with E-state index < -0.39 is 0 Å². The van der Waals surface area contributed by atoms with Gasteiger partial charge >= 0.3 is 0 Å². The number of rotatable bonds is 0. The van der Waals surface area contributed by atoms with Gasteiger partial charge in [-0.3, -0.25) is 0 Å². The van der Waals surface area contributed by atoms with Crippen LogP contribution in [-0.4, -0.2) is 11.5 Å². The third-order valence-electron chi connectivity index (χ3n) is 4.77. The monoisotopic (exact) mass is 178 g/mol. The molecule has 0 radical (unpaired) electrons. The van der Waals surface area contributed by atoms with Crippen molar-refractivity contribution in [1.82, 2.24) is 0 Å². The maximum Gasteiger partial charge on any atom is -0.00300 e. The number of thioether (sulfide) groups is 1. The molecule has 0 aromatic rings. The lowest BCUT2D eigenvalue weighted by Gasteiger charge is -2.17. The van der Waals surface area contributed by atoms with Gasteiger partial charge in [-0.15, -0.1) is 0 Å². The molecule has 0 unspecified atom stereocenters. The maximum atomic E-state index is 2.56. The molecule has 1 saturated heterocycles. The highest BCUT2D eigenvalue weighted by Crippen LogP contribution is 2.73. The average Bonchev–Trinajstić information content (AvgIpc) is 2.51. The minimum absolute atomic E-state index is 0.844. The largest absolute Gasteiger partial charge is 0.161 e. The molecule has 4 atom stereocenters. The molecule has 1 aliphatic heterocycles. The first-order chi connectivity index (χ1) is 5.92. The van der Waals surface area contributed by atoms with Crippen LogP contribution in [0.25, 0.3) is 0 Å². The Morgan fingerprint density at radius 1 is 1.00 bits per heavy atom. The van der Waals surface area contributed by atoms with Crippen LogP contribution in [0.5, 0.6) is 0 Å². The van der Waals surface area contributed by atoms with Crippen molar-refractivity contribution in [3.8, 4) is 0 Å². The van der Waals surface area contributed by atoms with Gasteiger partial charge in [-0.1, -0.05) is 12.2 Å². The van der Waals surface area contributed by atoms with Crippen LogP contribution >= 0.6 is 11.8 Å². The van der Waals surface area contributed by atoms with Gasteiger partial charge in [0.15, 0.2) is 0 Å². The van der Waals surface area contributed by atoms with Crippen LogP contribution in [-0.2, 0) is 0 Å². The highest BCUT2D eigenvalue weighted by atomic mass is 32.2. The van der Waals surface area contributed by atoms with Crippen molar-refractivity contribution < 1.29 is 0 Å². The number of hydrogen-bond acceptors (Lipinski definition) is 1. The molecule has 0 aromatic carbocycles. The molecule has 3 fully saturated rings. The average molecular weight is 178 g/mol. The van der Waals surface area contributed by atoms with Crippen molar-refractivity contribution in [1.29, 1.82) is 0 Å². The lowest BCUT2D eigenvalue weighted by atomic mass is 9.86. The van der Waals surface area contributed by atoms with Gasteiger partial charge in [-0.25, -0.2) is 0 Å². The van der Waals surface area contributed by atoms with Crippen molar-refractivity contribution in [3.05, 3.63) is 12.2 Å². The molecule has 1 spiro atoms. The van der Waals surface area contributed by atoms with E-state index in [4.69, 9.17) is 0 Å². The molecule has 1 heterocycles. The SMILES string of the molecule is C1=C[C@H]2[C@H]3CSC[C@H]3[C@@H]1C21CC1. The summed E-state index contributed by atoms with van der Waals surface area (Å²) in [5.74, 6) is 7.15. The minimum atomic E-state index is 0.844. The fraction of sp³-hybridized carbons (Fsp3) is 0.818. The minimum Gasteiger partial charge on any atom is -0.161 e. The number of allylic oxidation sites excluding steroid dienone is 2. The van der Waals surface area contributed by atoms with Crippen molar-refractivity contribution in [2.24, 2.45) is 29.1 Å². The summed E-state index contributed by atoms with van der Waals surface area (Å²) in [4.78, 5) is 0. The fourth-order valence-corrected chi connectivity index (χ4v) is 5.71. The predicted molar refractivity (Wildman–Crippen MR) is 52.1 cm³/mol. The van der Waals surface area contributed by atoms with Crippen molar-refractivity contribution in [2.45, 2.75) is 12.8 Å². The Kier molecular flexibility index (Phi) is 0.976. The van der Waals surface area contributed by atoms with E-state index in [0.29, 0.717) is 0 Å². The van der Waals surface area contributed by atoms with Crippen molar-refractivity contribution in [2.75, 3.05) is 11.5 Å². The second kappa shape index (κ2) is 1.79. The molecule has 0 aromatic heterocycles. The zero-order chi connectivity index (χ0) is 7.76. The van der Waals surface area contributed by atoms with Crippen LogP contribution < -0.4 is 0 Å². The molecule has 12 heavy (non-hydrogen) atoms. The summed E-state index contributed by atoms with van der Waals surface area (Å²) in [5.41, 5.74) is 0.844. The zero-order valence-electron chi connectivity index (χ0n) is 7.20. The number of hydrogen-bond donors (Lipinski definition) is 0. The maximum absolute atomic E-state index is 2.56. The second-order valence-corrected chi connectivity index (χ2v) is 6.11. The standard InChI is InChI=1S/C11H14S/c1-2-10-8-6-12-5-7(8)9(1)11(10)3-4-11/h1-2,7-10H,3-6H2/t7-,8+,9-,10+. The Balaban J connectivity index is 1.84. The molecule has 0 amide bonds. The summed E-state index contributed by atoms with van der Waals surface area (Å²) in [6.07, 6.45) is 8.22. The number of fused-ring (bicyclic) bond motifs is 3. The molecule has 2 bridgehead atoms. The zero-order valence-corrected chi connectivity index (χ0v) is 8.02. The second-order valence-electron chi connectivity index (χ2n) is 5.03. The van der Waals surface area contributed by atoms with E-state index in [-0.39, 0.29) is 0 Å². The van der Waals surface area contributed by atoms with Gasteiger partial charge in [0.25, 0.3) is 0 Å². The topological polar surface area (TPSA) is 0 Å². The molecule has 64 valence electrons. The van der Waals surface area contributed by atoms with Gasteiger partial charge in [-0.2, -0.15) is 11.8 Å². The van der Waals surface area contributed by atoms with E-state index in [1.54, 1.807) is 12.8 Å². The van der Waals surface area contributed by atoms with E-state index in [2.05, 4.69) is 23.9 Å². The molecule has 2 saturated carbocycles. The summed E-state index contributed by atoms with van der Waals surface area (Å²) < 4.78 is 0. The highest BCUT2D eigenvalue weighted by Gasteiger charge is 2.67. The van der Waals surface area contributed by atoms with Crippen LogP contribution in [0.15, 0.2) is 12.2 Å².